The largest absolute Gasteiger partial charge is 0.692 e. The molecule has 0 aliphatic carbocycles. The van der Waals surface area contributed by atoms with E-state index >= 15 is 0 Å². The molecule has 0 saturated carbocycles. The fourth-order valence-electron chi connectivity index (χ4n) is 5.61. The summed E-state index contributed by atoms with van der Waals surface area (Å²) < 4.78 is 10.5. The summed E-state index contributed by atoms with van der Waals surface area (Å²) in [6.45, 7) is 8.27. The molecule has 2 unspecified atom stereocenters. The van der Waals surface area contributed by atoms with E-state index in [1.807, 2.05) is 59.3 Å². The molecule has 0 aliphatic rings. The van der Waals surface area contributed by atoms with Crippen molar-refractivity contribution < 1.29 is 19.5 Å². The molecule has 2 atom stereocenters. The minimum atomic E-state index is -2.87. The van der Waals surface area contributed by atoms with Crippen molar-refractivity contribution >= 4 is 8.25 Å². The summed E-state index contributed by atoms with van der Waals surface area (Å²) in [4.78, 5) is 21.9. The van der Waals surface area contributed by atoms with E-state index in [0.29, 0.717) is 5.82 Å². The van der Waals surface area contributed by atoms with Gasteiger partial charge in [-0.2, -0.15) is 5.10 Å². The van der Waals surface area contributed by atoms with Gasteiger partial charge in [-0.05, 0) is 40.0 Å². The van der Waals surface area contributed by atoms with Crippen LogP contribution < -0.4 is 0 Å². The minimum absolute atomic E-state index is 0.0930. The molecule has 4 aromatic rings. The molecule has 0 aliphatic heterocycles. The monoisotopic (exact) mass is 575 g/mol. The van der Waals surface area contributed by atoms with Crippen molar-refractivity contribution in [3.8, 4) is 0 Å². The Balaban J connectivity index is 0.00000108. The third-order valence-corrected chi connectivity index (χ3v) is 7.13. The highest BCUT2D eigenvalue weighted by Gasteiger charge is 2.41. The van der Waals surface area contributed by atoms with Crippen LogP contribution >= 0.6 is 8.25 Å². The molecule has 3 N–H and O–H groups in total. The molecule has 1 aromatic heterocycles. The first-order valence-electron chi connectivity index (χ1n) is 13.3. The molecule has 0 bridgehead atoms. The molecule has 214 valence electrons. The van der Waals surface area contributed by atoms with Gasteiger partial charge >= 0.3 is 8.25 Å². The Labute approximate surface area is 240 Å². The van der Waals surface area contributed by atoms with Crippen molar-refractivity contribution in [2.75, 3.05) is 0 Å². The maximum absolute atomic E-state index is 11.4. The highest BCUT2D eigenvalue weighted by Crippen LogP contribution is 2.41. The zero-order chi connectivity index (χ0) is 30.0. The number of hydrogen-bond donors (Lipinski definition) is 3. The molecule has 0 amide bonds. The maximum atomic E-state index is 11.4. The van der Waals surface area contributed by atoms with Gasteiger partial charge in [0.15, 0.2) is 5.82 Å². The van der Waals surface area contributed by atoms with Crippen LogP contribution in [0.4, 0.5) is 0 Å². The Bertz CT molecular complexity index is 1320. The van der Waals surface area contributed by atoms with Gasteiger partial charge in [0.05, 0.1) is 6.10 Å². The first-order valence-corrected chi connectivity index (χ1v) is 14.5. The lowest BCUT2D eigenvalue weighted by Crippen LogP contribution is -2.38. The second kappa shape index (κ2) is 14.6. The van der Waals surface area contributed by atoms with E-state index in [-0.39, 0.29) is 17.8 Å². The van der Waals surface area contributed by atoms with Crippen molar-refractivity contribution in [2.24, 2.45) is 22.9 Å². The number of aliphatic hydroxyl groups is 1. The van der Waals surface area contributed by atoms with Crippen LogP contribution in [0.25, 0.3) is 10.4 Å². The van der Waals surface area contributed by atoms with Gasteiger partial charge in [0, 0.05) is 9.48 Å². The van der Waals surface area contributed by atoms with E-state index in [4.69, 9.17) is 19.5 Å². The lowest BCUT2D eigenvalue weighted by Gasteiger charge is -2.36. The van der Waals surface area contributed by atoms with Crippen LogP contribution in [0.1, 0.15) is 56.3 Å². The minimum Gasteiger partial charge on any atom is -0.392 e. The van der Waals surface area contributed by atoms with E-state index in [9.17, 15) is 10.6 Å². The summed E-state index contributed by atoms with van der Waals surface area (Å²) in [5.74, 6) is 0.574. The van der Waals surface area contributed by atoms with Crippen molar-refractivity contribution in [3.63, 3.8) is 0 Å². The number of rotatable bonds is 10. The lowest BCUT2D eigenvalue weighted by molar-refractivity contribution is 0.0308. The van der Waals surface area contributed by atoms with E-state index in [2.05, 4.69) is 79.1 Å². The smallest absolute Gasteiger partial charge is 0.392 e. The topological polar surface area (TPSA) is 157 Å². The van der Waals surface area contributed by atoms with Gasteiger partial charge in [-0.25, -0.2) is 9.67 Å². The number of aromatic nitrogens is 3. The van der Waals surface area contributed by atoms with Crippen LogP contribution in [0, 0.1) is 17.8 Å². The van der Waals surface area contributed by atoms with Gasteiger partial charge in [0.1, 0.15) is 17.9 Å². The van der Waals surface area contributed by atoms with Gasteiger partial charge < -0.3 is 5.11 Å². The summed E-state index contributed by atoms with van der Waals surface area (Å²) >= 11 is 0. The summed E-state index contributed by atoms with van der Waals surface area (Å²) in [6.07, 6.45) is 0.751. The van der Waals surface area contributed by atoms with Gasteiger partial charge in [-0.3, -0.25) is 0 Å². The molecule has 41 heavy (non-hydrogen) atoms. The number of azide groups is 1. The number of nitrogens with zero attached hydrogens (tertiary/aromatic N) is 6. The van der Waals surface area contributed by atoms with Gasteiger partial charge in [0.2, 0.25) is 0 Å². The number of benzene rings is 3. The maximum Gasteiger partial charge on any atom is 0.692 e. The molecular formula is C30H36N6O4P+. The van der Waals surface area contributed by atoms with Crippen LogP contribution in [-0.2, 0) is 10.1 Å². The third-order valence-electron chi connectivity index (χ3n) is 7.13. The summed E-state index contributed by atoms with van der Waals surface area (Å²) in [7, 11) is -2.87. The summed E-state index contributed by atoms with van der Waals surface area (Å²) in [5, 5.41) is 20.3. The Morgan fingerprint density at radius 1 is 0.829 bits per heavy atom. The van der Waals surface area contributed by atoms with Crippen LogP contribution in [0.5, 0.6) is 0 Å². The summed E-state index contributed by atoms with van der Waals surface area (Å²) in [6, 6.07) is 29.6. The molecule has 11 heteroatoms. The van der Waals surface area contributed by atoms with E-state index in [0.717, 1.165) is 16.7 Å². The molecular weight excluding hydrogens is 539 g/mol. The van der Waals surface area contributed by atoms with E-state index in [1.54, 1.807) is 6.33 Å². The fraction of sp³-hybridized carbons (Fsp3) is 0.333. The van der Waals surface area contributed by atoms with Crippen LogP contribution in [0.2, 0.25) is 0 Å². The number of hydrogen-bond acceptors (Lipinski definition) is 5. The standard InChI is InChI=1S/C30H34N6O.HO3P/c1-21(2)26(22(3)4)28(37)27(33-35-31)29-32-20-36(34-29)30(23-14-8-5-9-15-23,24-16-10-6-11-17-24)25-18-12-7-13-19-25;1-4(2)3/h5-22,26-28,37H,1-4H3;(H-,1,2,3)/p+1. The Hall–Kier alpha value is -3.91. The highest BCUT2D eigenvalue weighted by molar-refractivity contribution is 7.30. The van der Waals surface area contributed by atoms with Crippen LogP contribution in [0.15, 0.2) is 102 Å². The first kappa shape index (κ1) is 31.6. The summed E-state index contributed by atoms with van der Waals surface area (Å²) in [5.41, 5.74) is 11.6. The second-order valence-electron chi connectivity index (χ2n) is 10.3. The Kier molecular flexibility index (Phi) is 11.3. The molecule has 0 radical (unpaired) electrons. The normalized spacial score (nSPS) is 12.8. The molecule has 3 aromatic carbocycles. The average molecular weight is 576 g/mol. The molecule has 10 nitrogen and oxygen atoms in total. The molecule has 0 spiro atoms. The van der Waals surface area contributed by atoms with Gasteiger partial charge in [-0.15, -0.1) is 9.79 Å². The SMILES string of the molecule is CC(C)C(C(C)C)C(O)C(N=[N+]=[N-])c1ncn(C(c2ccccc2)(c2ccccc2)c2ccccc2)n1.O=[P+](O)O. The van der Waals surface area contributed by atoms with Crippen molar-refractivity contribution in [1.29, 1.82) is 0 Å². The third kappa shape index (κ3) is 7.24. The predicted octanol–water partition coefficient (Wildman–Crippen LogP) is 6.39. The van der Waals surface area contributed by atoms with Crippen molar-refractivity contribution in [2.45, 2.75) is 45.4 Å². The second-order valence-corrected chi connectivity index (χ2v) is 10.8. The van der Waals surface area contributed by atoms with E-state index in [1.165, 1.54) is 0 Å². The van der Waals surface area contributed by atoms with Crippen molar-refractivity contribution in [3.05, 3.63) is 130 Å². The zero-order valence-electron chi connectivity index (χ0n) is 23.5. The molecule has 4 rings (SSSR count). The highest BCUT2D eigenvalue weighted by atomic mass is 31.1. The Morgan fingerprint density at radius 2 is 1.22 bits per heavy atom. The zero-order valence-corrected chi connectivity index (χ0v) is 24.4. The predicted molar refractivity (Wildman–Crippen MR) is 158 cm³/mol. The van der Waals surface area contributed by atoms with Crippen molar-refractivity contribution in [1.82, 2.24) is 14.8 Å². The molecule has 0 fully saturated rings. The fourth-order valence-corrected chi connectivity index (χ4v) is 5.61. The number of aliphatic hydroxyl groups excluding tert-OH is 1. The van der Waals surface area contributed by atoms with Crippen LogP contribution in [0.3, 0.4) is 0 Å². The average Bonchev–Trinajstić information content (AvgIpc) is 3.43. The van der Waals surface area contributed by atoms with Gasteiger partial charge in [-0.1, -0.05) is 124 Å². The Morgan fingerprint density at radius 3 is 1.56 bits per heavy atom. The lowest BCUT2D eigenvalue weighted by atomic mass is 9.77. The first-order chi connectivity index (χ1) is 19.6. The quantitative estimate of drug-likeness (QED) is 0.0654. The molecule has 1 heterocycles. The van der Waals surface area contributed by atoms with E-state index < -0.39 is 25.9 Å². The molecule has 0 saturated heterocycles. The van der Waals surface area contributed by atoms with Crippen LogP contribution in [-0.4, -0.2) is 35.8 Å². The van der Waals surface area contributed by atoms with Gasteiger partial charge in [0.25, 0.3) is 0 Å².